The van der Waals surface area contributed by atoms with E-state index in [1.807, 2.05) is 19.2 Å². The zero-order valence-corrected chi connectivity index (χ0v) is 11.1. The first-order valence-electron chi connectivity index (χ1n) is 6.02. The lowest BCUT2D eigenvalue weighted by Gasteiger charge is -2.42. The Morgan fingerprint density at radius 1 is 1.47 bits per heavy atom. The lowest BCUT2D eigenvalue weighted by Crippen LogP contribution is -2.51. The third kappa shape index (κ3) is 3.41. The maximum atomic E-state index is 9.07. The highest BCUT2D eigenvalue weighted by molar-refractivity contribution is 5.85. The lowest BCUT2D eigenvalue weighted by molar-refractivity contribution is 0.130. The Balaban J connectivity index is 0.00000144. The molecule has 0 atom stereocenters. The fraction of sp³-hybridized carbons (Fsp3) is 0.615. The summed E-state index contributed by atoms with van der Waals surface area (Å²) in [6.07, 6.45) is 6.34. The van der Waals surface area contributed by atoms with E-state index >= 15 is 0 Å². The lowest BCUT2D eigenvalue weighted by atomic mass is 9.74. The Bertz CT molecular complexity index is 353. The van der Waals surface area contributed by atoms with Crippen LogP contribution in [-0.4, -0.2) is 22.2 Å². The minimum absolute atomic E-state index is 0. The molecule has 0 amide bonds. The van der Waals surface area contributed by atoms with Gasteiger partial charge in [0.2, 0.25) is 0 Å². The van der Waals surface area contributed by atoms with Crippen molar-refractivity contribution >= 4 is 12.4 Å². The molecule has 1 aliphatic carbocycles. The van der Waals surface area contributed by atoms with Crippen molar-refractivity contribution in [1.82, 2.24) is 10.3 Å². The average Bonchev–Trinajstić information content (AvgIpc) is 2.24. The number of nitrogens with zero attached hydrogens (tertiary/aromatic N) is 1. The molecule has 1 heterocycles. The van der Waals surface area contributed by atoms with Crippen molar-refractivity contribution in [2.75, 3.05) is 6.61 Å². The third-order valence-corrected chi connectivity index (χ3v) is 3.67. The van der Waals surface area contributed by atoms with Crippen molar-refractivity contribution in [3.05, 3.63) is 29.6 Å². The first-order chi connectivity index (χ1) is 7.76. The largest absolute Gasteiger partial charge is 0.396 e. The number of halogens is 1. The highest BCUT2D eigenvalue weighted by atomic mass is 35.5. The van der Waals surface area contributed by atoms with Gasteiger partial charge in [-0.1, -0.05) is 6.07 Å². The molecule has 0 unspecified atom stereocenters. The number of hydrogen-bond donors (Lipinski definition) is 2. The molecule has 0 aromatic carbocycles. The average molecular weight is 257 g/mol. The molecule has 0 saturated heterocycles. The highest BCUT2D eigenvalue weighted by Gasteiger charge is 2.35. The zero-order valence-electron chi connectivity index (χ0n) is 10.3. The zero-order chi connectivity index (χ0) is 11.4. The van der Waals surface area contributed by atoms with E-state index in [1.165, 1.54) is 24.8 Å². The van der Waals surface area contributed by atoms with Gasteiger partial charge in [-0.15, -0.1) is 12.4 Å². The van der Waals surface area contributed by atoms with E-state index in [0.29, 0.717) is 0 Å². The fourth-order valence-electron chi connectivity index (χ4n) is 2.32. The predicted molar refractivity (Wildman–Crippen MR) is 71.3 cm³/mol. The molecule has 3 nitrogen and oxygen atoms in total. The fourth-order valence-corrected chi connectivity index (χ4v) is 2.32. The van der Waals surface area contributed by atoms with E-state index in [0.717, 1.165) is 18.7 Å². The summed E-state index contributed by atoms with van der Waals surface area (Å²) in [5.74, 6) is 0. The molecule has 96 valence electrons. The summed E-state index contributed by atoms with van der Waals surface area (Å²) in [5.41, 5.74) is 2.54. The molecule has 4 heteroatoms. The van der Waals surface area contributed by atoms with Crippen LogP contribution in [0.3, 0.4) is 0 Å². The molecular formula is C13H21ClN2O. The van der Waals surface area contributed by atoms with E-state index in [9.17, 15) is 0 Å². The first-order valence-corrected chi connectivity index (χ1v) is 6.02. The molecule has 2 N–H and O–H groups in total. The van der Waals surface area contributed by atoms with Crippen LogP contribution in [0.4, 0.5) is 0 Å². The van der Waals surface area contributed by atoms with Gasteiger partial charge in [0.25, 0.3) is 0 Å². The summed E-state index contributed by atoms with van der Waals surface area (Å²) in [5, 5.41) is 12.7. The Kier molecular flexibility index (Phi) is 5.37. The second-order valence-corrected chi connectivity index (χ2v) is 4.71. The van der Waals surface area contributed by atoms with E-state index in [2.05, 4.69) is 16.4 Å². The summed E-state index contributed by atoms with van der Waals surface area (Å²) in [4.78, 5) is 4.28. The molecule has 1 fully saturated rings. The van der Waals surface area contributed by atoms with Crippen LogP contribution in [0.2, 0.25) is 0 Å². The summed E-state index contributed by atoms with van der Waals surface area (Å²) >= 11 is 0. The van der Waals surface area contributed by atoms with Crippen LogP contribution in [0.5, 0.6) is 0 Å². The quantitative estimate of drug-likeness (QED) is 0.849. The monoisotopic (exact) mass is 256 g/mol. The predicted octanol–water partition coefficient (Wildman–Crippen LogP) is 2.21. The van der Waals surface area contributed by atoms with Crippen molar-refractivity contribution in [2.45, 2.75) is 44.7 Å². The number of aliphatic hydroxyl groups is 1. The molecular weight excluding hydrogens is 236 g/mol. The molecule has 2 rings (SSSR count). The molecule has 17 heavy (non-hydrogen) atoms. The maximum absolute atomic E-state index is 9.07. The van der Waals surface area contributed by atoms with E-state index in [1.54, 1.807) is 0 Å². The number of pyridine rings is 1. The van der Waals surface area contributed by atoms with Crippen LogP contribution in [-0.2, 0) is 6.54 Å². The number of hydrogen-bond acceptors (Lipinski definition) is 3. The third-order valence-electron chi connectivity index (χ3n) is 3.67. The van der Waals surface area contributed by atoms with Gasteiger partial charge in [0.1, 0.15) is 0 Å². The van der Waals surface area contributed by atoms with Crippen LogP contribution in [0.1, 0.15) is 36.9 Å². The highest BCUT2D eigenvalue weighted by Crippen LogP contribution is 2.34. The van der Waals surface area contributed by atoms with Gasteiger partial charge in [-0.3, -0.25) is 4.98 Å². The van der Waals surface area contributed by atoms with Gasteiger partial charge in [0.15, 0.2) is 0 Å². The van der Waals surface area contributed by atoms with Crippen molar-refractivity contribution in [3.8, 4) is 0 Å². The summed E-state index contributed by atoms with van der Waals surface area (Å²) in [6, 6.07) is 4.09. The topological polar surface area (TPSA) is 45.2 Å². The summed E-state index contributed by atoms with van der Waals surface area (Å²) in [6.45, 7) is 3.18. The van der Waals surface area contributed by atoms with E-state index < -0.39 is 0 Å². The number of nitrogens with one attached hydrogen (secondary N) is 1. The van der Waals surface area contributed by atoms with E-state index in [-0.39, 0.29) is 24.6 Å². The Morgan fingerprint density at radius 3 is 2.76 bits per heavy atom. The van der Waals surface area contributed by atoms with Crippen molar-refractivity contribution in [1.29, 1.82) is 0 Å². The second-order valence-electron chi connectivity index (χ2n) is 4.71. The molecule has 0 spiro atoms. The van der Waals surface area contributed by atoms with Gasteiger partial charge in [0, 0.05) is 30.6 Å². The standard InChI is InChI=1S/C13H20N2O.ClH/c1-11-12(4-2-8-14-11)10-15-13(7-9-16)5-3-6-13;/h2,4,8,15-16H,3,5-7,9-10H2,1H3;1H. The van der Waals surface area contributed by atoms with Crippen molar-refractivity contribution in [2.24, 2.45) is 0 Å². The Hall–Kier alpha value is -0.640. The molecule has 1 aromatic rings. The van der Waals surface area contributed by atoms with Gasteiger partial charge in [-0.25, -0.2) is 0 Å². The minimum Gasteiger partial charge on any atom is -0.396 e. The smallest absolute Gasteiger partial charge is 0.0448 e. The Morgan fingerprint density at radius 2 is 2.24 bits per heavy atom. The first kappa shape index (κ1) is 14.4. The van der Waals surface area contributed by atoms with Crippen LogP contribution in [0, 0.1) is 6.92 Å². The van der Waals surface area contributed by atoms with Gasteiger partial charge < -0.3 is 10.4 Å². The second kappa shape index (κ2) is 6.34. The van der Waals surface area contributed by atoms with Gasteiger partial charge in [-0.05, 0) is 44.2 Å². The van der Waals surface area contributed by atoms with Gasteiger partial charge >= 0.3 is 0 Å². The van der Waals surface area contributed by atoms with Gasteiger partial charge in [0.05, 0.1) is 0 Å². The van der Waals surface area contributed by atoms with Gasteiger partial charge in [-0.2, -0.15) is 0 Å². The number of rotatable bonds is 5. The maximum Gasteiger partial charge on any atom is 0.0448 e. The molecule has 1 aromatic heterocycles. The van der Waals surface area contributed by atoms with Crippen LogP contribution in [0.25, 0.3) is 0 Å². The number of aryl methyl sites for hydroxylation is 1. The Labute approximate surface area is 109 Å². The molecule has 0 radical (unpaired) electrons. The normalized spacial score (nSPS) is 17.1. The van der Waals surface area contributed by atoms with Crippen LogP contribution < -0.4 is 5.32 Å². The van der Waals surface area contributed by atoms with Crippen LogP contribution in [0.15, 0.2) is 18.3 Å². The van der Waals surface area contributed by atoms with Crippen LogP contribution >= 0.6 is 12.4 Å². The van der Waals surface area contributed by atoms with E-state index in [4.69, 9.17) is 5.11 Å². The molecule has 1 aliphatic rings. The SMILES string of the molecule is Cc1ncccc1CNC1(CCO)CCC1.Cl. The number of aromatic nitrogens is 1. The summed E-state index contributed by atoms with van der Waals surface area (Å²) in [7, 11) is 0. The van der Waals surface area contributed by atoms with Crippen molar-refractivity contribution in [3.63, 3.8) is 0 Å². The van der Waals surface area contributed by atoms with Crippen molar-refractivity contribution < 1.29 is 5.11 Å². The minimum atomic E-state index is 0. The molecule has 0 bridgehead atoms. The molecule has 1 saturated carbocycles. The number of aliphatic hydroxyl groups excluding tert-OH is 1. The molecule has 0 aliphatic heterocycles. The summed E-state index contributed by atoms with van der Waals surface area (Å²) < 4.78 is 0.